The number of rotatable bonds is 4. The highest BCUT2D eigenvalue weighted by atomic mass is 19.2. The van der Waals surface area contributed by atoms with Crippen molar-refractivity contribution in [2.24, 2.45) is 0 Å². The number of halogens is 2. The Balaban J connectivity index is 1.50. The molecule has 166 valence electrons. The summed E-state index contributed by atoms with van der Waals surface area (Å²) in [6.45, 7) is 0.749. The Bertz CT molecular complexity index is 1260. The van der Waals surface area contributed by atoms with Crippen LogP contribution >= 0.6 is 0 Å². The van der Waals surface area contributed by atoms with Crippen LogP contribution in [0.4, 0.5) is 14.5 Å². The molecule has 0 saturated heterocycles. The van der Waals surface area contributed by atoms with Gasteiger partial charge in [0.15, 0.2) is 23.1 Å². The predicted octanol–water partition coefficient (Wildman–Crippen LogP) is 3.08. The van der Waals surface area contributed by atoms with E-state index in [1.807, 2.05) is 12.1 Å². The Morgan fingerprint density at radius 1 is 1.19 bits per heavy atom. The number of anilines is 1. The monoisotopic (exact) mass is 441 g/mol. The number of benzene rings is 2. The van der Waals surface area contributed by atoms with Crippen molar-refractivity contribution in [1.82, 2.24) is 9.78 Å². The van der Waals surface area contributed by atoms with E-state index in [1.54, 1.807) is 20.4 Å². The summed E-state index contributed by atoms with van der Waals surface area (Å²) in [7, 11) is 3.19. The summed E-state index contributed by atoms with van der Waals surface area (Å²) in [6, 6.07) is 7.66. The van der Waals surface area contributed by atoms with E-state index in [4.69, 9.17) is 14.2 Å². The molecular weight excluding hydrogens is 420 g/mol. The second-order valence-electron chi connectivity index (χ2n) is 7.71. The fourth-order valence-corrected chi connectivity index (χ4v) is 4.41. The molecule has 32 heavy (non-hydrogen) atoms. The smallest absolute Gasteiger partial charge is 0.311 e. The summed E-state index contributed by atoms with van der Waals surface area (Å²) in [5, 5.41) is 4.21. The van der Waals surface area contributed by atoms with E-state index in [0.717, 1.165) is 28.3 Å². The van der Waals surface area contributed by atoms with Crippen molar-refractivity contribution in [3.63, 3.8) is 0 Å². The third-order valence-corrected chi connectivity index (χ3v) is 6.03. The Morgan fingerprint density at radius 3 is 2.75 bits per heavy atom. The lowest BCUT2D eigenvalue weighted by atomic mass is 9.91. The minimum absolute atomic E-state index is 0.0428. The van der Waals surface area contributed by atoms with E-state index in [2.05, 4.69) is 10.00 Å². The Hall–Kier alpha value is -3.62. The summed E-state index contributed by atoms with van der Waals surface area (Å²) in [5.41, 5.74) is 2.33. The molecule has 7 nitrogen and oxygen atoms in total. The van der Waals surface area contributed by atoms with E-state index in [9.17, 15) is 13.6 Å². The standard InChI is InChI=1S/C23H21F2N3O4/c1-30-19-8-13-6-7-27-17-10-26-28(11-14-4-3-5-16(24)21(14)25)23(29)22(17)32-12-18(27)15(13)9-20(19)31-2/h3-5,8-10,18H,6-7,11-12H2,1-2H3/t18-/m1/s1. The number of ether oxygens (including phenoxy) is 3. The molecule has 0 fully saturated rings. The van der Waals surface area contributed by atoms with Crippen LogP contribution in [0.1, 0.15) is 22.7 Å². The molecule has 0 unspecified atom stereocenters. The van der Waals surface area contributed by atoms with Crippen LogP contribution in [0.3, 0.4) is 0 Å². The van der Waals surface area contributed by atoms with Gasteiger partial charge in [-0.2, -0.15) is 5.10 Å². The van der Waals surface area contributed by atoms with Crippen LogP contribution in [0.15, 0.2) is 41.3 Å². The van der Waals surface area contributed by atoms with E-state index in [1.165, 1.54) is 12.1 Å². The fourth-order valence-electron chi connectivity index (χ4n) is 4.41. The van der Waals surface area contributed by atoms with Gasteiger partial charge in [0.1, 0.15) is 12.3 Å². The van der Waals surface area contributed by atoms with Crippen LogP contribution in [-0.4, -0.2) is 37.2 Å². The van der Waals surface area contributed by atoms with Crippen molar-refractivity contribution in [3.8, 4) is 17.2 Å². The molecule has 0 N–H and O–H groups in total. The first-order chi connectivity index (χ1) is 15.5. The normalized spacial score (nSPS) is 16.5. The molecule has 0 saturated carbocycles. The van der Waals surface area contributed by atoms with Crippen LogP contribution in [0.2, 0.25) is 0 Å². The molecule has 0 spiro atoms. The largest absolute Gasteiger partial charge is 0.493 e. The number of aromatic nitrogens is 2. The van der Waals surface area contributed by atoms with Gasteiger partial charge in [0.2, 0.25) is 5.75 Å². The number of nitrogens with zero attached hydrogens (tertiary/aromatic N) is 3. The quantitative estimate of drug-likeness (QED) is 0.620. The molecule has 3 aromatic rings. The molecular formula is C23H21F2N3O4. The fraction of sp³-hybridized carbons (Fsp3) is 0.304. The van der Waals surface area contributed by atoms with Gasteiger partial charge < -0.3 is 19.1 Å². The maximum Gasteiger partial charge on any atom is 0.311 e. The third kappa shape index (κ3) is 3.16. The van der Waals surface area contributed by atoms with Crippen molar-refractivity contribution in [2.75, 3.05) is 32.3 Å². The first-order valence-corrected chi connectivity index (χ1v) is 10.2. The summed E-state index contributed by atoms with van der Waals surface area (Å²) < 4.78 is 45.4. The van der Waals surface area contributed by atoms with Crippen molar-refractivity contribution in [1.29, 1.82) is 0 Å². The van der Waals surface area contributed by atoms with Crippen molar-refractivity contribution >= 4 is 5.69 Å². The zero-order chi connectivity index (χ0) is 22.4. The van der Waals surface area contributed by atoms with Crippen molar-refractivity contribution in [2.45, 2.75) is 19.0 Å². The minimum atomic E-state index is -0.989. The predicted molar refractivity (Wildman–Crippen MR) is 113 cm³/mol. The highest BCUT2D eigenvalue weighted by Crippen LogP contribution is 2.43. The zero-order valence-corrected chi connectivity index (χ0v) is 17.6. The third-order valence-electron chi connectivity index (χ3n) is 6.03. The van der Waals surface area contributed by atoms with Crippen LogP contribution in [0.5, 0.6) is 17.2 Å². The van der Waals surface area contributed by atoms with Crippen molar-refractivity contribution in [3.05, 3.63) is 75.2 Å². The molecule has 2 aromatic carbocycles. The van der Waals surface area contributed by atoms with Crippen LogP contribution in [0, 0.1) is 11.6 Å². The van der Waals surface area contributed by atoms with Gasteiger partial charge in [0.05, 0.1) is 33.0 Å². The highest BCUT2D eigenvalue weighted by Gasteiger charge is 2.36. The Morgan fingerprint density at radius 2 is 1.97 bits per heavy atom. The summed E-state index contributed by atoms with van der Waals surface area (Å²) in [6.07, 6.45) is 2.30. The first-order valence-electron chi connectivity index (χ1n) is 10.2. The number of fused-ring (bicyclic) bond motifs is 5. The molecule has 2 aliphatic heterocycles. The zero-order valence-electron chi connectivity index (χ0n) is 17.6. The molecule has 0 bridgehead atoms. The van der Waals surface area contributed by atoms with Gasteiger partial charge in [-0.05, 0) is 35.7 Å². The lowest BCUT2D eigenvalue weighted by molar-refractivity contribution is 0.251. The van der Waals surface area contributed by atoms with E-state index >= 15 is 0 Å². The lowest BCUT2D eigenvalue weighted by Gasteiger charge is -2.42. The lowest BCUT2D eigenvalue weighted by Crippen LogP contribution is -2.44. The van der Waals surface area contributed by atoms with Gasteiger partial charge in [-0.3, -0.25) is 4.79 Å². The van der Waals surface area contributed by atoms with Crippen LogP contribution in [0.25, 0.3) is 0 Å². The van der Waals surface area contributed by atoms with E-state index < -0.39 is 17.2 Å². The molecule has 1 aromatic heterocycles. The average molecular weight is 441 g/mol. The maximum absolute atomic E-state index is 14.1. The molecule has 9 heteroatoms. The topological polar surface area (TPSA) is 65.8 Å². The van der Waals surface area contributed by atoms with Crippen LogP contribution < -0.4 is 24.7 Å². The van der Waals surface area contributed by atoms with E-state index in [-0.39, 0.29) is 30.5 Å². The Labute approximate surface area is 182 Å². The number of hydrogen-bond acceptors (Lipinski definition) is 6. The maximum atomic E-state index is 14.1. The average Bonchev–Trinajstić information content (AvgIpc) is 2.82. The Kier molecular flexibility index (Phi) is 4.96. The molecule has 0 amide bonds. The molecule has 2 aliphatic rings. The first kappa shape index (κ1) is 20.3. The number of hydrogen-bond donors (Lipinski definition) is 0. The van der Waals surface area contributed by atoms with Gasteiger partial charge in [0.25, 0.3) is 0 Å². The summed E-state index contributed by atoms with van der Waals surface area (Å²) in [4.78, 5) is 15.1. The molecule has 0 radical (unpaired) electrons. The van der Waals surface area contributed by atoms with Gasteiger partial charge in [0, 0.05) is 12.1 Å². The number of methoxy groups -OCH3 is 2. The van der Waals surface area contributed by atoms with Crippen molar-refractivity contribution < 1.29 is 23.0 Å². The summed E-state index contributed by atoms with van der Waals surface area (Å²) >= 11 is 0. The van der Waals surface area contributed by atoms with Gasteiger partial charge in [-0.15, -0.1) is 0 Å². The molecule has 0 aliphatic carbocycles. The van der Waals surface area contributed by atoms with E-state index in [0.29, 0.717) is 23.7 Å². The SMILES string of the molecule is COc1cc2c(cc1OC)[C@H]1COc3c(cnn(Cc4cccc(F)c4F)c3=O)N1CC2. The molecule has 3 heterocycles. The second kappa shape index (κ2) is 7.81. The van der Waals surface area contributed by atoms with Gasteiger partial charge in [-0.25, -0.2) is 13.5 Å². The second-order valence-corrected chi connectivity index (χ2v) is 7.71. The van der Waals surface area contributed by atoms with Gasteiger partial charge >= 0.3 is 5.56 Å². The molecule has 5 rings (SSSR count). The van der Waals surface area contributed by atoms with Gasteiger partial charge in [-0.1, -0.05) is 12.1 Å². The molecule has 1 atom stereocenters. The van der Waals surface area contributed by atoms with Crippen LogP contribution in [-0.2, 0) is 13.0 Å². The highest BCUT2D eigenvalue weighted by molar-refractivity contribution is 5.62. The summed E-state index contributed by atoms with van der Waals surface area (Å²) in [5.74, 6) is -0.490. The minimum Gasteiger partial charge on any atom is -0.493 e.